The van der Waals surface area contributed by atoms with Gasteiger partial charge in [0.25, 0.3) is 5.91 Å². The minimum Gasteiger partial charge on any atom is -0.389 e. The van der Waals surface area contributed by atoms with Gasteiger partial charge in [-0.2, -0.15) is 4.39 Å². The van der Waals surface area contributed by atoms with Crippen molar-refractivity contribution >= 4 is 5.91 Å². The lowest BCUT2D eigenvalue weighted by atomic mass is 10.1. The molecule has 1 saturated heterocycles. The first-order valence-corrected chi connectivity index (χ1v) is 6.82. The van der Waals surface area contributed by atoms with E-state index in [0.29, 0.717) is 32.7 Å². The second kappa shape index (κ2) is 6.03. The summed E-state index contributed by atoms with van der Waals surface area (Å²) in [4.78, 5) is 18.9. The lowest BCUT2D eigenvalue weighted by Crippen LogP contribution is -2.52. The van der Waals surface area contributed by atoms with Gasteiger partial charge in [-0.1, -0.05) is 0 Å². The molecule has 21 heavy (non-hydrogen) atoms. The normalized spacial score (nSPS) is 17.1. The fourth-order valence-electron chi connectivity index (χ4n) is 2.41. The first-order valence-electron chi connectivity index (χ1n) is 6.82. The van der Waals surface area contributed by atoms with Gasteiger partial charge in [-0.05, 0) is 19.9 Å². The number of carbonyl (C=O) groups excluding carboxylic acids is 1. The summed E-state index contributed by atoms with van der Waals surface area (Å²) in [7, 11) is 0. The molecule has 1 fully saturated rings. The van der Waals surface area contributed by atoms with Gasteiger partial charge in [0.1, 0.15) is 0 Å². The van der Waals surface area contributed by atoms with Crippen LogP contribution in [-0.4, -0.2) is 64.1 Å². The number of piperazine rings is 1. The molecule has 0 bridgehead atoms. The Bertz CT molecular complexity index is 523. The van der Waals surface area contributed by atoms with Crippen molar-refractivity contribution in [2.75, 3.05) is 32.7 Å². The van der Waals surface area contributed by atoms with Gasteiger partial charge >= 0.3 is 0 Å². The predicted octanol–water partition coefficient (Wildman–Crippen LogP) is 0.888. The van der Waals surface area contributed by atoms with E-state index >= 15 is 0 Å². The van der Waals surface area contributed by atoms with E-state index in [9.17, 15) is 18.7 Å². The van der Waals surface area contributed by atoms with E-state index < -0.39 is 23.3 Å². The zero-order valence-corrected chi connectivity index (χ0v) is 12.1. The molecule has 1 aliphatic rings. The van der Waals surface area contributed by atoms with Crippen molar-refractivity contribution in [3.05, 3.63) is 29.6 Å². The average molecular weight is 299 g/mol. The monoisotopic (exact) mass is 299 g/mol. The predicted molar refractivity (Wildman–Crippen MR) is 72.8 cm³/mol. The second-order valence-corrected chi connectivity index (χ2v) is 5.84. The number of amides is 1. The number of β-amino-alcohol motifs (C(OH)–C–C–N with tert-alkyl or cyclic N) is 1. The third kappa shape index (κ3) is 3.95. The maximum absolute atomic E-state index is 13.6. The Balaban J connectivity index is 1.99. The summed E-state index contributed by atoms with van der Waals surface area (Å²) in [6.45, 7) is 5.96. The molecule has 1 aliphatic heterocycles. The first-order chi connectivity index (χ1) is 9.78. The van der Waals surface area contributed by atoms with Crippen LogP contribution >= 0.6 is 0 Å². The highest BCUT2D eigenvalue weighted by Crippen LogP contribution is 2.14. The van der Waals surface area contributed by atoms with Crippen LogP contribution in [0.15, 0.2) is 12.3 Å². The summed E-state index contributed by atoms with van der Waals surface area (Å²) in [5, 5.41) is 9.77. The minimum atomic E-state index is -1.26. The van der Waals surface area contributed by atoms with E-state index in [2.05, 4.69) is 4.98 Å². The van der Waals surface area contributed by atoms with E-state index in [4.69, 9.17) is 0 Å². The molecule has 0 saturated carbocycles. The Morgan fingerprint density at radius 3 is 2.52 bits per heavy atom. The van der Waals surface area contributed by atoms with Crippen molar-refractivity contribution in [2.24, 2.45) is 0 Å². The molecule has 1 aromatic rings. The quantitative estimate of drug-likeness (QED) is 0.842. The van der Waals surface area contributed by atoms with E-state index in [0.717, 1.165) is 6.20 Å². The standard InChI is InChI=1S/C14H19F2N3O2/c1-14(2,21)9-18-5-7-19(8-6-18)13(20)10-3-4-17-12(16)11(10)15/h3-4,21H,5-9H2,1-2H3. The molecule has 0 atom stereocenters. The first kappa shape index (κ1) is 15.8. The summed E-state index contributed by atoms with van der Waals surface area (Å²) in [6, 6.07) is 1.18. The number of nitrogens with zero attached hydrogens (tertiary/aromatic N) is 3. The molecule has 5 nitrogen and oxygen atoms in total. The van der Waals surface area contributed by atoms with Crippen molar-refractivity contribution in [3.63, 3.8) is 0 Å². The third-order valence-electron chi connectivity index (χ3n) is 3.35. The lowest BCUT2D eigenvalue weighted by molar-refractivity contribution is 0.0177. The number of hydrogen-bond acceptors (Lipinski definition) is 4. The maximum Gasteiger partial charge on any atom is 0.257 e. The number of halogens is 2. The number of aromatic nitrogens is 1. The maximum atomic E-state index is 13.6. The van der Waals surface area contributed by atoms with Gasteiger partial charge in [0, 0.05) is 38.9 Å². The zero-order chi connectivity index (χ0) is 15.6. The summed E-state index contributed by atoms with van der Waals surface area (Å²) in [6.07, 6.45) is 1.08. The van der Waals surface area contributed by atoms with Crippen LogP contribution in [0.4, 0.5) is 8.78 Å². The molecular formula is C14H19F2N3O2. The Hall–Kier alpha value is -1.60. The highest BCUT2D eigenvalue weighted by atomic mass is 19.2. The van der Waals surface area contributed by atoms with E-state index in [1.165, 1.54) is 11.0 Å². The fourth-order valence-corrected chi connectivity index (χ4v) is 2.41. The third-order valence-corrected chi connectivity index (χ3v) is 3.35. The Morgan fingerprint density at radius 1 is 1.33 bits per heavy atom. The molecular weight excluding hydrogens is 280 g/mol. The Kier molecular flexibility index (Phi) is 4.53. The molecule has 1 aromatic heterocycles. The molecule has 7 heteroatoms. The topological polar surface area (TPSA) is 56.7 Å². The van der Waals surface area contributed by atoms with Crippen LogP contribution < -0.4 is 0 Å². The van der Waals surface area contributed by atoms with Crippen molar-refractivity contribution in [2.45, 2.75) is 19.4 Å². The van der Waals surface area contributed by atoms with Crippen molar-refractivity contribution in [3.8, 4) is 0 Å². The van der Waals surface area contributed by atoms with Crippen molar-refractivity contribution in [1.29, 1.82) is 0 Å². The SMILES string of the molecule is CC(C)(O)CN1CCN(C(=O)c2ccnc(F)c2F)CC1. The number of hydrogen-bond donors (Lipinski definition) is 1. The number of aliphatic hydroxyl groups is 1. The van der Waals surface area contributed by atoms with Crippen molar-refractivity contribution < 1.29 is 18.7 Å². The molecule has 116 valence electrons. The zero-order valence-electron chi connectivity index (χ0n) is 12.1. The van der Waals surface area contributed by atoms with Crippen LogP contribution in [0.25, 0.3) is 0 Å². The van der Waals surface area contributed by atoms with Crippen LogP contribution in [0.2, 0.25) is 0 Å². The number of carbonyl (C=O) groups is 1. The number of pyridine rings is 1. The molecule has 0 aliphatic carbocycles. The average Bonchev–Trinajstić information content (AvgIpc) is 2.40. The van der Waals surface area contributed by atoms with Gasteiger partial charge in [0.05, 0.1) is 11.2 Å². The summed E-state index contributed by atoms with van der Waals surface area (Å²) < 4.78 is 26.6. The van der Waals surface area contributed by atoms with Gasteiger partial charge in [-0.25, -0.2) is 9.37 Å². The molecule has 0 aromatic carbocycles. The summed E-state index contributed by atoms with van der Waals surface area (Å²) >= 11 is 0. The van der Waals surface area contributed by atoms with Crippen LogP contribution in [0.5, 0.6) is 0 Å². The Labute approximate surface area is 122 Å². The summed E-state index contributed by atoms with van der Waals surface area (Å²) in [5.41, 5.74) is -1.09. The molecule has 1 N–H and O–H groups in total. The van der Waals surface area contributed by atoms with Gasteiger partial charge in [0.15, 0.2) is 5.82 Å². The van der Waals surface area contributed by atoms with E-state index in [1.54, 1.807) is 13.8 Å². The van der Waals surface area contributed by atoms with Crippen LogP contribution in [0.1, 0.15) is 24.2 Å². The summed E-state index contributed by atoms with van der Waals surface area (Å²) in [5.74, 6) is -3.00. The van der Waals surface area contributed by atoms with E-state index in [-0.39, 0.29) is 5.56 Å². The molecule has 0 unspecified atom stereocenters. The van der Waals surface area contributed by atoms with Gasteiger partial charge in [0.2, 0.25) is 5.95 Å². The molecule has 0 spiro atoms. The van der Waals surface area contributed by atoms with Crippen LogP contribution in [0, 0.1) is 11.8 Å². The van der Waals surface area contributed by atoms with Gasteiger partial charge < -0.3 is 10.0 Å². The fraction of sp³-hybridized carbons (Fsp3) is 0.571. The van der Waals surface area contributed by atoms with Crippen LogP contribution in [0.3, 0.4) is 0 Å². The highest BCUT2D eigenvalue weighted by molar-refractivity contribution is 5.94. The van der Waals surface area contributed by atoms with Gasteiger partial charge in [-0.15, -0.1) is 0 Å². The molecule has 2 heterocycles. The minimum absolute atomic E-state index is 0.293. The number of rotatable bonds is 3. The largest absolute Gasteiger partial charge is 0.389 e. The van der Waals surface area contributed by atoms with E-state index in [1.807, 2.05) is 4.90 Å². The molecule has 0 radical (unpaired) electrons. The molecule has 1 amide bonds. The van der Waals surface area contributed by atoms with Crippen molar-refractivity contribution in [1.82, 2.24) is 14.8 Å². The van der Waals surface area contributed by atoms with Gasteiger partial charge in [-0.3, -0.25) is 9.69 Å². The second-order valence-electron chi connectivity index (χ2n) is 5.84. The Morgan fingerprint density at radius 2 is 1.95 bits per heavy atom. The molecule has 2 rings (SSSR count). The lowest BCUT2D eigenvalue weighted by Gasteiger charge is -2.37. The van der Waals surface area contributed by atoms with Crippen LogP contribution in [-0.2, 0) is 0 Å². The smallest absolute Gasteiger partial charge is 0.257 e. The highest BCUT2D eigenvalue weighted by Gasteiger charge is 2.27.